The van der Waals surface area contributed by atoms with Gasteiger partial charge in [-0.2, -0.15) is 10.4 Å². The fourth-order valence-electron chi connectivity index (χ4n) is 4.41. The molecule has 0 saturated carbocycles. The molecule has 9 heteroatoms. The minimum absolute atomic E-state index is 0.0331. The number of ether oxygens (including phenoxy) is 2. The number of likely N-dealkylation sites (tertiary alicyclic amines) is 1. The number of aromatic amines is 1. The molecule has 0 radical (unpaired) electrons. The number of H-pyrrole nitrogens is 1. The molecular formula is C20H19F2N5O2. The lowest BCUT2D eigenvalue weighted by Gasteiger charge is -2.35. The van der Waals surface area contributed by atoms with E-state index in [-0.39, 0.29) is 17.4 Å². The van der Waals surface area contributed by atoms with Gasteiger partial charge in [0.2, 0.25) is 0 Å². The zero-order chi connectivity index (χ0) is 20.2. The van der Waals surface area contributed by atoms with Gasteiger partial charge in [-0.3, -0.25) is 5.10 Å². The van der Waals surface area contributed by atoms with Gasteiger partial charge < -0.3 is 19.7 Å². The molecule has 2 aromatic rings. The predicted molar refractivity (Wildman–Crippen MR) is 99.6 cm³/mol. The number of alkyl halides is 2. The predicted octanol–water partition coefficient (Wildman–Crippen LogP) is 3.41. The Kier molecular flexibility index (Phi) is 3.99. The minimum atomic E-state index is -3.72. The van der Waals surface area contributed by atoms with E-state index in [1.807, 2.05) is 0 Å². The summed E-state index contributed by atoms with van der Waals surface area (Å²) in [4.78, 5) is 2.25. The number of benzene rings is 1. The molecule has 4 heterocycles. The van der Waals surface area contributed by atoms with Crippen LogP contribution in [0.25, 0.3) is 0 Å². The third kappa shape index (κ3) is 2.91. The fourth-order valence-corrected chi connectivity index (χ4v) is 4.41. The molecule has 0 spiro atoms. The van der Waals surface area contributed by atoms with Gasteiger partial charge in [-0.25, -0.2) is 0 Å². The molecule has 0 amide bonds. The van der Waals surface area contributed by atoms with Gasteiger partial charge >= 0.3 is 6.29 Å². The summed E-state index contributed by atoms with van der Waals surface area (Å²) >= 11 is 0. The SMILES string of the molecule is CN1CCC(C2=C(C#N)C(c3cccc4c3OC(F)(F)O4)c3c[nH]nc3N2)CC1. The highest BCUT2D eigenvalue weighted by Crippen LogP contribution is 2.51. The average Bonchev–Trinajstić information content (AvgIpc) is 3.29. The Hall–Kier alpha value is -3.12. The average molecular weight is 399 g/mol. The van der Waals surface area contributed by atoms with Gasteiger partial charge in [-0.05, 0) is 39.0 Å². The van der Waals surface area contributed by atoms with E-state index in [2.05, 4.69) is 38.3 Å². The molecular weight excluding hydrogens is 380 g/mol. The molecule has 1 saturated heterocycles. The number of hydrogen-bond donors (Lipinski definition) is 2. The third-order valence-electron chi connectivity index (χ3n) is 5.83. The van der Waals surface area contributed by atoms with Gasteiger partial charge in [0.15, 0.2) is 17.3 Å². The maximum absolute atomic E-state index is 13.7. The van der Waals surface area contributed by atoms with Crippen LogP contribution in [0, 0.1) is 17.2 Å². The molecule has 1 aromatic heterocycles. The number of nitrogens with zero attached hydrogens (tertiary/aromatic N) is 3. The first-order valence-corrected chi connectivity index (χ1v) is 9.49. The topological polar surface area (TPSA) is 86.2 Å². The number of aromatic nitrogens is 2. The van der Waals surface area contributed by atoms with Gasteiger partial charge in [0, 0.05) is 28.9 Å². The molecule has 0 bridgehead atoms. The van der Waals surface area contributed by atoms with Gasteiger partial charge in [0.05, 0.1) is 17.6 Å². The maximum atomic E-state index is 13.7. The number of halogens is 2. The monoisotopic (exact) mass is 399 g/mol. The highest BCUT2D eigenvalue weighted by atomic mass is 19.3. The highest BCUT2D eigenvalue weighted by Gasteiger charge is 2.46. The van der Waals surface area contributed by atoms with Crippen molar-refractivity contribution in [3.8, 4) is 17.6 Å². The van der Waals surface area contributed by atoms with Crippen LogP contribution in [0.3, 0.4) is 0 Å². The molecule has 3 aliphatic heterocycles. The van der Waals surface area contributed by atoms with E-state index in [1.54, 1.807) is 18.3 Å². The smallest absolute Gasteiger partial charge is 0.395 e. The molecule has 1 fully saturated rings. The summed E-state index contributed by atoms with van der Waals surface area (Å²) in [6.45, 7) is 1.85. The van der Waals surface area contributed by atoms with Gasteiger partial charge in [-0.15, -0.1) is 8.78 Å². The Morgan fingerprint density at radius 1 is 1.24 bits per heavy atom. The number of piperidine rings is 1. The summed E-state index contributed by atoms with van der Waals surface area (Å²) in [5.41, 5.74) is 2.49. The Morgan fingerprint density at radius 2 is 2.03 bits per heavy atom. The minimum Gasteiger partial charge on any atom is -0.395 e. The quantitative estimate of drug-likeness (QED) is 0.805. The van der Waals surface area contributed by atoms with Crippen LogP contribution in [-0.4, -0.2) is 41.5 Å². The van der Waals surface area contributed by atoms with Crippen molar-refractivity contribution < 1.29 is 18.3 Å². The lowest BCUT2D eigenvalue weighted by Crippen LogP contribution is -2.34. The summed E-state index contributed by atoms with van der Waals surface area (Å²) in [7, 11) is 2.07. The summed E-state index contributed by atoms with van der Waals surface area (Å²) in [6.07, 6.45) is -0.233. The number of allylic oxidation sites excluding steroid dienone is 2. The number of fused-ring (bicyclic) bond motifs is 2. The van der Waals surface area contributed by atoms with E-state index in [9.17, 15) is 14.0 Å². The molecule has 1 atom stereocenters. The van der Waals surface area contributed by atoms with Crippen molar-refractivity contribution in [1.82, 2.24) is 15.1 Å². The number of rotatable bonds is 2. The van der Waals surface area contributed by atoms with Crippen LogP contribution in [0.4, 0.5) is 14.6 Å². The number of hydrogen-bond acceptors (Lipinski definition) is 6. The fraction of sp³-hybridized carbons (Fsp3) is 0.400. The summed E-state index contributed by atoms with van der Waals surface area (Å²) in [6, 6.07) is 7.09. The molecule has 150 valence electrons. The molecule has 5 rings (SSSR count). The highest BCUT2D eigenvalue weighted by molar-refractivity contribution is 5.67. The Labute approximate surface area is 165 Å². The summed E-state index contributed by atoms with van der Waals surface area (Å²) in [5, 5.41) is 20.5. The zero-order valence-electron chi connectivity index (χ0n) is 15.7. The lowest BCUT2D eigenvalue weighted by molar-refractivity contribution is -0.286. The van der Waals surface area contributed by atoms with E-state index in [4.69, 9.17) is 4.74 Å². The van der Waals surface area contributed by atoms with Crippen LogP contribution in [0.2, 0.25) is 0 Å². The van der Waals surface area contributed by atoms with Crippen LogP contribution in [0.5, 0.6) is 11.5 Å². The van der Waals surface area contributed by atoms with E-state index >= 15 is 0 Å². The van der Waals surface area contributed by atoms with Crippen LogP contribution in [0.1, 0.15) is 29.9 Å². The van der Waals surface area contributed by atoms with Gasteiger partial charge in [-0.1, -0.05) is 12.1 Å². The van der Waals surface area contributed by atoms with Gasteiger partial charge in [0.1, 0.15) is 0 Å². The first-order chi connectivity index (χ1) is 14.0. The van der Waals surface area contributed by atoms with Crippen LogP contribution in [0.15, 0.2) is 35.7 Å². The number of nitrogens with one attached hydrogen (secondary N) is 2. The molecule has 7 nitrogen and oxygen atoms in total. The summed E-state index contributed by atoms with van der Waals surface area (Å²) in [5.74, 6) is 0.133. The van der Waals surface area contributed by atoms with Crippen molar-refractivity contribution in [3.63, 3.8) is 0 Å². The van der Waals surface area contributed by atoms with E-state index in [0.717, 1.165) is 31.6 Å². The van der Waals surface area contributed by atoms with Crippen molar-refractivity contribution in [3.05, 3.63) is 46.8 Å². The second kappa shape index (κ2) is 6.46. The van der Waals surface area contributed by atoms with Crippen molar-refractivity contribution in [1.29, 1.82) is 5.26 Å². The van der Waals surface area contributed by atoms with Crippen molar-refractivity contribution >= 4 is 5.82 Å². The van der Waals surface area contributed by atoms with Crippen molar-refractivity contribution in [2.45, 2.75) is 25.1 Å². The Balaban J connectivity index is 1.64. The van der Waals surface area contributed by atoms with E-state index < -0.39 is 12.2 Å². The number of para-hydroxylation sites is 1. The first-order valence-electron chi connectivity index (χ1n) is 9.49. The normalized spacial score (nSPS) is 23.4. The molecule has 0 aliphatic carbocycles. The first kappa shape index (κ1) is 17.9. The standard InChI is InChI=1S/C20H19F2N5O2/c1-27-7-5-11(6-8-27)17-13(9-23)16(14-10-24-26-19(14)25-17)12-3-2-4-15-18(12)29-20(21,22)28-15/h2-4,10-11,16H,5-8H2,1H3,(H2,24,25,26). The van der Waals surface area contributed by atoms with Crippen LogP contribution < -0.4 is 14.8 Å². The van der Waals surface area contributed by atoms with Crippen LogP contribution >= 0.6 is 0 Å². The van der Waals surface area contributed by atoms with Crippen molar-refractivity contribution in [2.24, 2.45) is 5.92 Å². The Bertz CT molecular complexity index is 1030. The molecule has 29 heavy (non-hydrogen) atoms. The molecule has 2 N–H and O–H groups in total. The maximum Gasteiger partial charge on any atom is 0.586 e. The zero-order valence-corrected chi connectivity index (χ0v) is 15.7. The summed E-state index contributed by atoms with van der Waals surface area (Å²) < 4.78 is 36.9. The second-order valence-electron chi connectivity index (χ2n) is 7.61. The number of anilines is 1. The largest absolute Gasteiger partial charge is 0.586 e. The molecule has 1 unspecified atom stereocenters. The molecule has 1 aromatic carbocycles. The molecule has 3 aliphatic rings. The third-order valence-corrected chi connectivity index (χ3v) is 5.83. The Morgan fingerprint density at radius 3 is 2.79 bits per heavy atom. The van der Waals surface area contributed by atoms with Gasteiger partial charge in [0.25, 0.3) is 0 Å². The van der Waals surface area contributed by atoms with E-state index in [0.29, 0.717) is 22.5 Å². The second-order valence-corrected chi connectivity index (χ2v) is 7.61. The van der Waals surface area contributed by atoms with Crippen LogP contribution in [-0.2, 0) is 0 Å². The van der Waals surface area contributed by atoms with Crippen molar-refractivity contribution in [2.75, 3.05) is 25.5 Å². The van der Waals surface area contributed by atoms with E-state index in [1.165, 1.54) is 6.07 Å². The lowest BCUT2D eigenvalue weighted by atomic mass is 9.78. The number of nitriles is 1.